The van der Waals surface area contributed by atoms with Crippen molar-refractivity contribution in [2.24, 2.45) is 11.8 Å². The summed E-state index contributed by atoms with van der Waals surface area (Å²) in [5.74, 6) is 8.56. The molecule has 6 heteroatoms. The first-order valence-electron chi connectivity index (χ1n) is 14.1. The molecule has 5 rings (SSSR count). The van der Waals surface area contributed by atoms with Crippen LogP contribution in [0, 0.1) is 30.6 Å². The highest BCUT2D eigenvalue weighted by Crippen LogP contribution is 2.38. The van der Waals surface area contributed by atoms with Gasteiger partial charge in [-0.15, -0.1) is 11.3 Å². The normalized spacial score (nSPS) is 22.9. The Hall–Kier alpha value is -3.14. The van der Waals surface area contributed by atoms with Crippen LogP contribution >= 0.6 is 11.3 Å². The largest absolute Gasteiger partial charge is 0.496 e. The van der Waals surface area contributed by atoms with Gasteiger partial charge in [-0.05, 0) is 111 Å². The molecule has 1 heterocycles. The summed E-state index contributed by atoms with van der Waals surface area (Å²) < 4.78 is 5.45. The van der Waals surface area contributed by atoms with E-state index in [-0.39, 0.29) is 17.9 Å². The van der Waals surface area contributed by atoms with Gasteiger partial charge in [0.2, 0.25) is 5.91 Å². The summed E-state index contributed by atoms with van der Waals surface area (Å²) in [6.07, 6.45) is 8.90. The third-order valence-electron chi connectivity index (χ3n) is 8.41. The van der Waals surface area contributed by atoms with E-state index in [0.717, 1.165) is 66.9 Å². The van der Waals surface area contributed by atoms with E-state index in [0.29, 0.717) is 24.7 Å². The maximum absolute atomic E-state index is 13.9. The summed E-state index contributed by atoms with van der Waals surface area (Å²) in [5.41, 5.74) is 6.19. The lowest BCUT2D eigenvalue weighted by atomic mass is 9.78. The Kier molecular flexibility index (Phi) is 9.01. The molecule has 0 bridgehead atoms. The van der Waals surface area contributed by atoms with Crippen molar-refractivity contribution in [3.63, 3.8) is 0 Å². The van der Waals surface area contributed by atoms with E-state index in [2.05, 4.69) is 48.0 Å². The molecule has 5 nitrogen and oxygen atoms in total. The minimum absolute atomic E-state index is 0.0288. The molecule has 1 N–H and O–H groups in total. The Bertz CT molecular complexity index is 1310. The lowest BCUT2D eigenvalue weighted by Crippen LogP contribution is -2.41. The number of nitrogens with zero attached hydrogens (tertiary/aromatic N) is 2. The van der Waals surface area contributed by atoms with E-state index >= 15 is 0 Å². The number of benzene rings is 2. The van der Waals surface area contributed by atoms with Gasteiger partial charge in [0, 0.05) is 23.7 Å². The van der Waals surface area contributed by atoms with E-state index in [9.17, 15) is 9.90 Å². The molecule has 2 aromatic carbocycles. The quantitative estimate of drug-likeness (QED) is 0.351. The van der Waals surface area contributed by atoms with Gasteiger partial charge in [-0.3, -0.25) is 9.78 Å². The summed E-state index contributed by atoms with van der Waals surface area (Å²) in [6.45, 7) is 2.84. The summed E-state index contributed by atoms with van der Waals surface area (Å²) in [5, 5.41) is 10.0. The van der Waals surface area contributed by atoms with Crippen LogP contribution in [0.3, 0.4) is 0 Å². The van der Waals surface area contributed by atoms with Gasteiger partial charge < -0.3 is 14.7 Å². The number of aliphatic hydroxyl groups is 1. The number of anilines is 1. The number of aromatic nitrogens is 1. The lowest BCUT2D eigenvalue weighted by molar-refractivity contribution is -0.124. The summed E-state index contributed by atoms with van der Waals surface area (Å²) in [6, 6.07) is 14.7. The number of carbonyl (C=O) groups excluding carboxylic acids is 1. The Balaban J connectivity index is 1.31. The average Bonchev–Trinajstić information content (AvgIpc) is 3.49. The Morgan fingerprint density at radius 2 is 1.85 bits per heavy atom. The van der Waals surface area contributed by atoms with Crippen molar-refractivity contribution >= 4 is 22.9 Å². The Morgan fingerprint density at radius 1 is 1.05 bits per heavy atom. The van der Waals surface area contributed by atoms with Gasteiger partial charge in [-0.1, -0.05) is 24.1 Å². The molecule has 2 fully saturated rings. The number of aliphatic hydroxyl groups excluding tert-OH is 1. The third kappa shape index (κ3) is 6.90. The highest BCUT2D eigenvalue weighted by Gasteiger charge is 2.32. The molecule has 2 aliphatic rings. The van der Waals surface area contributed by atoms with Gasteiger partial charge in [0.05, 0.1) is 29.8 Å². The number of ether oxygens (including phenoxy) is 1. The van der Waals surface area contributed by atoms with Crippen molar-refractivity contribution in [2.75, 3.05) is 18.6 Å². The number of methoxy groups -OCH3 is 1. The van der Waals surface area contributed by atoms with Crippen LogP contribution in [0.2, 0.25) is 0 Å². The molecule has 2 saturated carbocycles. The van der Waals surface area contributed by atoms with Gasteiger partial charge in [0.25, 0.3) is 0 Å². The minimum Gasteiger partial charge on any atom is -0.496 e. The Morgan fingerprint density at radius 3 is 2.54 bits per heavy atom. The SMILES string of the molecule is COc1ccc([C@H]2CC[C@H](CN(c3cccc(C#Cc4cncs4)c3)C(=O)[C@H]3CC[C@H](O)CC3)CC2)cc1C. The molecule has 2 aliphatic carbocycles. The highest BCUT2D eigenvalue weighted by molar-refractivity contribution is 7.10. The fourth-order valence-electron chi connectivity index (χ4n) is 6.12. The zero-order valence-corrected chi connectivity index (χ0v) is 23.8. The zero-order valence-electron chi connectivity index (χ0n) is 22.9. The van der Waals surface area contributed by atoms with E-state index in [4.69, 9.17) is 4.74 Å². The number of hydrogen-bond acceptors (Lipinski definition) is 5. The van der Waals surface area contributed by atoms with Crippen molar-refractivity contribution in [1.29, 1.82) is 0 Å². The van der Waals surface area contributed by atoms with Gasteiger partial charge in [-0.25, -0.2) is 0 Å². The second kappa shape index (κ2) is 12.8. The van der Waals surface area contributed by atoms with E-state index in [1.807, 2.05) is 23.1 Å². The molecular weight excluding hydrogens is 504 g/mol. The van der Waals surface area contributed by atoms with Crippen molar-refractivity contribution in [3.8, 4) is 17.6 Å². The molecule has 1 aromatic heterocycles. The van der Waals surface area contributed by atoms with Gasteiger partial charge in [-0.2, -0.15) is 0 Å². The van der Waals surface area contributed by atoms with Crippen LogP contribution < -0.4 is 9.64 Å². The summed E-state index contributed by atoms with van der Waals surface area (Å²) >= 11 is 1.52. The summed E-state index contributed by atoms with van der Waals surface area (Å²) in [7, 11) is 1.72. The molecule has 0 saturated heterocycles. The fraction of sp³-hybridized carbons (Fsp3) is 0.455. The predicted molar refractivity (Wildman–Crippen MR) is 157 cm³/mol. The molecule has 204 valence electrons. The van der Waals surface area contributed by atoms with Gasteiger partial charge >= 0.3 is 0 Å². The number of carbonyl (C=O) groups is 1. The summed E-state index contributed by atoms with van der Waals surface area (Å²) in [4.78, 5) is 21.0. The topological polar surface area (TPSA) is 62.7 Å². The van der Waals surface area contributed by atoms with Gasteiger partial charge in [0.1, 0.15) is 5.75 Å². The molecule has 3 aromatic rings. The van der Waals surface area contributed by atoms with Crippen LogP contribution in [0.15, 0.2) is 54.2 Å². The van der Waals surface area contributed by atoms with Crippen LogP contribution in [-0.2, 0) is 4.79 Å². The zero-order chi connectivity index (χ0) is 27.2. The molecule has 1 amide bonds. The van der Waals surface area contributed by atoms with Crippen molar-refractivity contribution in [3.05, 3.63) is 75.7 Å². The van der Waals surface area contributed by atoms with Crippen LogP contribution in [-0.4, -0.2) is 35.8 Å². The first-order valence-corrected chi connectivity index (χ1v) is 15.0. The number of rotatable bonds is 6. The molecule has 39 heavy (non-hydrogen) atoms. The first kappa shape index (κ1) is 27.4. The second-order valence-corrected chi connectivity index (χ2v) is 12.0. The maximum Gasteiger partial charge on any atom is 0.230 e. The lowest BCUT2D eigenvalue weighted by Gasteiger charge is -2.36. The average molecular weight is 543 g/mol. The molecule has 0 spiro atoms. The van der Waals surface area contributed by atoms with Crippen LogP contribution in [0.1, 0.15) is 78.9 Å². The second-order valence-electron chi connectivity index (χ2n) is 11.1. The van der Waals surface area contributed by atoms with Crippen molar-refractivity contribution in [1.82, 2.24) is 4.98 Å². The van der Waals surface area contributed by atoms with Crippen molar-refractivity contribution < 1.29 is 14.6 Å². The molecular formula is C33H38N2O3S. The van der Waals surface area contributed by atoms with E-state index in [1.54, 1.807) is 18.8 Å². The van der Waals surface area contributed by atoms with Crippen LogP contribution in [0.5, 0.6) is 5.75 Å². The fourth-order valence-corrected chi connectivity index (χ4v) is 6.59. The first-order chi connectivity index (χ1) is 19.0. The minimum atomic E-state index is -0.273. The maximum atomic E-state index is 13.9. The van der Waals surface area contributed by atoms with E-state index < -0.39 is 0 Å². The van der Waals surface area contributed by atoms with Crippen LogP contribution in [0.4, 0.5) is 5.69 Å². The van der Waals surface area contributed by atoms with E-state index in [1.165, 1.54) is 22.5 Å². The number of aryl methyl sites for hydroxylation is 1. The van der Waals surface area contributed by atoms with Crippen molar-refractivity contribution in [2.45, 2.75) is 70.3 Å². The van der Waals surface area contributed by atoms with Gasteiger partial charge in [0.15, 0.2) is 0 Å². The standard InChI is InChI=1S/C33H38N2O3S/c1-23-18-28(13-17-32(23)38-2)26-9-6-25(7-10-26)21-35(33(37)27-11-14-30(36)15-12-27)29-5-3-4-24(19-29)8-16-31-20-34-22-39-31/h3-5,13,17-20,22,25-27,30,36H,6-7,9-12,14-15,21H2,1-2H3/t25-,26-,27-,30-. The monoisotopic (exact) mass is 542 g/mol. The Labute approximate surface area is 236 Å². The number of hydrogen-bond donors (Lipinski definition) is 1. The number of thiazole rings is 1. The third-order valence-corrected chi connectivity index (χ3v) is 9.10. The predicted octanol–water partition coefficient (Wildman–Crippen LogP) is 6.72. The highest BCUT2D eigenvalue weighted by atomic mass is 32.1. The molecule has 0 atom stereocenters. The smallest absolute Gasteiger partial charge is 0.230 e. The molecule has 0 radical (unpaired) electrons. The molecule has 0 unspecified atom stereocenters. The van der Waals surface area contributed by atoms with Crippen LogP contribution in [0.25, 0.3) is 0 Å². The molecule has 0 aliphatic heterocycles. The number of amides is 1.